The third-order valence-corrected chi connectivity index (χ3v) is 4.45. The van der Waals surface area contributed by atoms with E-state index in [2.05, 4.69) is 4.74 Å². The Labute approximate surface area is 87.0 Å². The first-order chi connectivity index (χ1) is 6.88. The topological polar surface area (TPSA) is 60.4 Å². The van der Waals surface area contributed by atoms with Crippen molar-refractivity contribution in [3.05, 3.63) is 0 Å². The van der Waals surface area contributed by atoms with Gasteiger partial charge in [-0.15, -0.1) is 0 Å². The van der Waals surface area contributed by atoms with Crippen molar-refractivity contribution in [2.45, 2.75) is 26.7 Å². The summed E-state index contributed by atoms with van der Waals surface area (Å²) in [7, 11) is 0. The number of fused-ring (bicyclic) bond motifs is 5. The zero-order valence-corrected chi connectivity index (χ0v) is 8.70. The van der Waals surface area contributed by atoms with Gasteiger partial charge in [-0.05, 0) is 11.8 Å². The number of esters is 2. The Hall–Kier alpha value is -1.19. The van der Waals surface area contributed by atoms with E-state index in [1.54, 1.807) is 6.92 Å². The fourth-order valence-electron chi connectivity index (χ4n) is 3.89. The molecule has 80 valence electrons. The van der Waals surface area contributed by atoms with Gasteiger partial charge < -0.3 is 4.74 Å². The van der Waals surface area contributed by atoms with Crippen LogP contribution in [0.2, 0.25) is 0 Å². The van der Waals surface area contributed by atoms with Crippen LogP contribution in [-0.2, 0) is 19.1 Å². The Kier molecular flexibility index (Phi) is 1.30. The van der Waals surface area contributed by atoms with Crippen LogP contribution in [0.3, 0.4) is 0 Å². The molecule has 0 aromatic heterocycles. The summed E-state index contributed by atoms with van der Waals surface area (Å²) in [6, 6.07) is 0. The molecule has 0 aromatic rings. The predicted molar refractivity (Wildman–Crippen MR) is 48.5 cm³/mol. The van der Waals surface area contributed by atoms with Crippen molar-refractivity contribution >= 4 is 17.7 Å². The van der Waals surface area contributed by atoms with Gasteiger partial charge in [0.2, 0.25) is 0 Å². The Morgan fingerprint density at radius 1 is 1.13 bits per heavy atom. The molecule has 4 atom stereocenters. The van der Waals surface area contributed by atoms with Gasteiger partial charge in [0.05, 0.1) is 11.8 Å². The number of rotatable bonds is 0. The van der Waals surface area contributed by atoms with Gasteiger partial charge in [-0.25, -0.2) is 0 Å². The van der Waals surface area contributed by atoms with Crippen LogP contribution < -0.4 is 0 Å². The number of Topliss-reactive ketones (excluding diaryl/α,β-unsaturated/α-hetero) is 1. The number of cyclic esters (lactones) is 2. The first-order valence-corrected chi connectivity index (χ1v) is 5.17. The van der Waals surface area contributed by atoms with E-state index in [-0.39, 0.29) is 17.1 Å². The van der Waals surface area contributed by atoms with E-state index in [0.29, 0.717) is 12.8 Å². The van der Waals surface area contributed by atoms with Gasteiger partial charge in [-0.3, -0.25) is 14.4 Å². The first-order valence-electron chi connectivity index (χ1n) is 5.17. The smallest absolute Gasteiger partial charge is 0.318 e. The molecule has 0 spiro atoms. The summed E-state index contributed by atoms with van der Waals surface area (Å²) in [4.78, 5) is 34.9. The lowest BCUT2D eigenvalue weighted by Gasteiger charge is -2.29. The molecule has 0 N–H and O–H groups in total. The van der Waals surface area contributed by atoms with Crippen molar-refractivity contribution in [3.8, 4) is 0 Å². The number of ether oxygens (including phenoxy) is 1. The summed E-state index contributed by atoms with van der Waals surface area (Å²) in [5.41, 5.74) is -0.998. The molecule has 1 saturated heterocycles. The highest BCUT2D eigenvalue weighted by atomic mass is 16.6. The number of carbonyl (C=O) groups excluding carboxylic acids is 3. The van der Waals surface area contributed by atoms with E-state index in [0.717, 1.165) is 0 Å². The van der Waals surface area contributed by atoms with Gasteiger partial charge in [-0.1, -0.05) is 13.8 Å². The lowest BCUT2D eigenvalue weighted by Crippen LogP contribution is -2.40. The predicted octanol–water partition coefficient (Wildman–Crippen LogP) is 0.691. The van der Waals surface area contributed by atoms with Gasteiger partial charge in [0.25, 0.3) is 0 Å². The molecule has 2 saturated carbocycles. The Morgan fingerprint density at radius 2 is 1.73 bits per heavy atom. The molecule has 15 heavy (non-hydrogen) atoms. The summed E-state index contributed by atoms with van der Waals surface area (Å²) in [5.74, 6) is -1.71. The van der Waals surface area contributed by atoms with E-state index in [1.165, 1.54) is 0 Å². The fourth-order valence-corrected chi connectivity index (χ4v) is 3.89. The van der Waals surface area contributed by atoms with Crippen LogP contribution in [0.25, 0.3) is 0 Å². The molecule has 0 amide bonds. The van der Waals surface area contributed by atoms with Crippen LogP contribution in [-0.4, -0.2) is 17.7 Å². The summed E-state index contributed by atoms with van der Waals surface area (Å²) in [6.45, 7) is 3.71. The highest BCUT2D eigenvalue weighted by molar-refractivity contribution is 6.05. The quantitative estimate of drug-likeness (QED) is 0.434. The zero-order chi connectivity index (χ0) is 11.0. The van der Waals surface area contributed by atoms with Crippen LogP contribution in [0.15, 0.2) is 0 Å². The standard InChI is InChI=1S/C11H12O4/c1-10-3-5(12)11(2,4-10)7-6(10)8(13)15-9(7)14/h6-7H,3-4H2,1-2H3/t6-,7+,10?,11?/m0/s1. The molecule has 1 heterocycles. The van der Waals surface area contributed by atoms with Gasteiger partial charge in [0.1, 0.15) is 5.78 Å². The lowest BCUT2D eigenvalue weighted by molar-refractivity contribution is -0.156. The van der Waals surface area contributed by atoms with E-state index in [4.69, 9.17) is 0 Å². The molecule has 0 aromatic carbocycles. The number of carbonyl (C=O) groups is 3. The maximum atomic E-state index is 11.8. The van der Waals surface area contributed by atoms with Crippen molar-refractivity contribution < 1.29 is 19.1 Å². The summed E-state index contributed by atoms with van der Waals surface area (Å²) in [5, 5.41) is 0. The summed E-state index contributed by atoms with van der Waals surface area (Å²) in [6.07, 6.45) is 1.06. The minimum Gasteiger partial charge on any atom is -0.393 e. The second kappa shape index (κ2) is 2.15. The van der Waals surface area contributed by atoms with Crippen molar-refractivity contribution in [2.24, 2.45) is 22.7 Å². The van der Waals surface area contributed by atoms with Crippen molar-refractivity contribution in [3.63, 3.8) is 0 Å². The fraction of sp³-hybridized carbons (Fsp3) is 0.727. The molecule has 1 aliphatic heterocycles. The van der Waals surface area contributed by atoms with Crippen molar-refractivity contribution in [1.29, 1.82) is 0 Å². The molecule has 3 aliphatic rings. The lowest BCUT2D eigenvalue weighted by atomic mass is 9.68. The van der Waals surface area contributed by atoms with Crippen molar-refractivity contribution in [1.82, 2.24) is 0 Å². The average Bonchev–Trinajstić information content (AvgIpc) is 2.58. The molecular weight excluding hydrogens is 196 g/mol. The third-order valence-electron chi connectivity index (χ3n) is 4.45. The van der Waals surface area contributed by atoms with Crippen LogP contribution in [0.4, 0.5) is 0 Å². The average molecular weight is 208 g/mol. The van der Waals surface area contributed by atoms with Gasteiger partial charge in [-0.2, -0.15) is 0 Å². The van der Waals surface area contributed by atoms with E-state index in [1.807, 2.05) is 6.92 Å². The monoisotopic (exact) mass is 208 g/mol. The van der Waals surface area contributed by atoms with Crippen molar-refractivity contribution in [2.75, 3.05) is 0 Å². The molecule has 4 nitrogen and oxygen atoms in total. The van der Waals surface area contributed by atoms with Crippen LogP contribution in [0.5, 0.6) is 0 Å². The van der Waals surface area contributed by atoms with Crippen LogP contribution in [0.1, 0.15) is 26.7 Å². The number of hydrogen-bond donors (Lipinski definition) is 0. The normalized spacial score (nSPS) is 52.3. The number of hydrogen-bond acceptors (Lipinski definition) is 4. The third kappa shape index (κ3) is 0.780. The molecule has 0 radical (unpaired) electrons. The SMILES string of the molecule is CC12CC(=O)C(C)(C1)[C@H]1C(=O)OC(=O)[C@H]12. The van der Waals surface area contributed by atoms with Crippen LogP contribution in [0, 0.1) is 22.7 Å². The largest absolute Gasteiger partial charge is 0.393 e. The first kappa shape index (κ1) is 9.07. The molecule has 2 bridgehead atoms. The van der Waals surface area contributed by atoms with Crippen LogP contribution >= 0.6 is 0 Å². The molecular formula is C11H12O4. The molecule has 3 fully saturated rings. The summed E-state index contributed by atoms with van der Waals surface area (Å²) >= 11 is 0. The molecule has 4 heteroatoms. The van der Waals surface area contributed by atoms with Gasteiger partial charge >= 0.3 is 11.9 Å². The van der Waals surface area contributed by atoms with E-state index >= 15 is 0 Å². The minimum absolute atomic E-state index is 0.109. The Balaban J connectivity index is 2.18. The minimum atomic E-state index is -0.650. The highest BCUT2D eigenvalue weighted by Crippen LogP contribution is 2.67. The molecule has 2 aliphatic carbocycles. The summed E-state index contributed by atoms with van der Waals surface area (Å²) < 4.78 is 4.66. The van der Waals surface area contributed by atoms with E-state index in [9.17, 15) is 14.4 Å². The maximum absolute atomic E-state index is 11.8. The highest BCUT2D eigenvalue weighted by Gasteiger charge is 2.73. The second-order valence-corrected chi connectivity index (χ2v) is 5.54. The second-order valence-electron chi connectivity index (χ2n) is 5.54. The maximum Gasteiger partial charge on any atom is 0.318 e. The molecule has 3 rings (SSSR count). The Bertz CT molecular complexity index is 413. The van der Waals surface area contributed by atoms with Gasteiger partial charge in [0, 0.05) is 11.8 Å². The molecule has 2 unspecified atom stereocenters. The van der Waals surface area contributed by atoms with E-state index < -0.39 is 23.3 Å². The van der Waals surface area contributed by atoms with Gasteiger partial charge in [0.15, 0.2) is 0 Å². The Morgan fingerprint density at radius 3 is 2.40 bits per heavy atom. The number of ketones is 1. The zero-order valence-electron chi connectivity index (χ0n) is 8.70.